The highest BCUT2D eigenvalue weighted by molar-refractivity contribution is 7.80. The third kappa shape index (κ3) is 5.25. The Morgan fingerprint density at radius 1 is 1.14 bits per heavy atom. The van der Waals surface area contributed by atoms with Crippen LogP contribution < -0.4 is 5.32 Å². The molecule has 2 saturated heterocycles. The Hall–Kier alpha value is -3.27. The lowest BCUT2D eigenvalue weighted by Gasteiger charge is -2.30. The summed E-state index contributed by atoms with van der Waals surface area (Å²) in [6.45, 7) is 9.52. The van der Waals surface area contributed by atoms with E-state index in [2.05, 4.69) is 44.6 Å². The van der Waals surface area contributed by atoms with Gasteiger partial charge in [0.2, 0.25) is 0 Å². The number of aromatic carboxylic acids is 1. The van der Waals surface area contributed by atoms with Gasteiger partial charge in [0, 0.05) is 49.5 Å². The van der Waals surface area contributed by atoms with Crippen molar-refractivity contribution in [3.8, 4) is 5.69 Å². The van der Waals surface area contributed by atoms with Gasteiger partial charge >= 0.3 is 5.97 Å². The first-order valence-electron chi connectivity index (χ1n) is 12.7. The Labute approximate surface area is 222 Å². The molecule has 2 aromatic heterocycles. The van der Waals surface area contributed by atoms with E-state index >= 15 is 0 Å². The lowest BCUT2D eigenvalue weighted by molar-refractivity contribution is 0.0365. The van der Waals surface area contributed by atoms with Gasteiger partial charge in [-0.1, -0.05) is 12.1 Å². The van der Waals surface area contributed by atoms with Crippen LogP contribution in [0, 0.1) is 13.8 Å². The van der Waals surface area contributed by atoms with Gasteiger partial charge in [0.1, 0.15) is 0 Å². The summed E-state index contributed by atoms with van der Waals surface area (Å²) in [6.07, 6.45) is 2.81. The summed E-state index contributed by atoms with van der Waals surface area (Å²) in [6, 6.07) is 15.1. The monoisotopic (exact) mass is 519 g/mol. The molecule has 0 saturated carbocycles. The molecule has 37 heavy (non-hydrogen) atoms. The number of carboxylic acids is 1. The highest BCUT2D eigenvalue weighted by atomic mass is 32.1. The van der Waals surface area contributed by atoms with E-state index in [9.17, 15) is 9.90 Å². The molecule has 4 heterocycles. The number of rotatable bonds is 8. The zero-order chi connectivity index (χ0) is 25.9. The van der Waals surface area contributed by atoms with Crippen LogP contribution in [0.3, 0.4) is 0 Å². The number of nitrogens with zero attached hydrogens (tertiary/aromatic N) is 4. The second-order valence-corrected chi connectivity index (χ2v) is 10.0. The van der Waals surface area contributed by atoms with Crippen LogP contribution in [-0.2, 0) is 4.74 Å². The van der Waals surface area contributed by atoms with E-state index in [1.54, 1.807) is 18.2 Å². The highest BCUT2D eigenvalue weighted by Gasteiger charge is 2.41. The Balaban J connectivity index is 1.49. The van der Waals surface area contributed by atoms with E-state index in [1.165, 1.54) is 0 Å². The van der Waals surface area contributed by atoms with E-state index < -0.39 is 5.97 Å². The maximum atomic E-state index is 11.6. The van der Waals surface area contributed by atoms with Crippen molar-refractivity contribution in [2.45, 2.75) is 32.4 Å². The molecule has 2 atom stereocenters. The molecule has 0 amide bonds. The van der Waals surface area contributed by atoms with Gasteiger partial charge in [-0.3, -0.25) is 9.88 Å². The van der Waals surface area contributed by atoms with Gasteiger partial charge in [0.25, 0.3) is 0 Å². The first kappa shape index (κ1) is 25.4. The second-order valence-electron chi connectivity index (χ2n) is 9.64. The minimum Gasteiger partial charge on any atom is -0.478 e. The van der Waals surface area contributed by atoms with Crippen LogP contribution in [0.1, 0.15) is 51.5 Å². The average molecular weight is 520 g/mol. The van der Waals surface area contributed by atoms with Crippen LogP contribution in [0.15, 0.2) is 54.7 Å². The van der Waals surface area contributed by atoms with E-state index in [4.69, 9.17) is 17.0 Å². The number of aryl methyl sites for hydroxylation is 1. The number of carboxylic acid groups (broad SMARTS) is 1. The largest absolute Gasteiger partial charge is 0.478 e. The third-order valence-corrected chi connectivity index (χ3v) is 7.67. The van der Waals surface area contributed by atoms with Gasteiger partial charge in [-0.25, -0.2) is 4.79 Å². The Kier molecular flexibility index (Phi) is 7.55. The van der Waals surface area contributed by atoms with E-state index in [-0.39, 0.29) is 17.6 Å². The van der Waals surface area contributed by atoms with Crippen LogP contribution in [0.25, 0.3) is 5.69 Å². The quantitative estimate of drug-likeness (QED) is 0.434. The first-order valence-corrected chi connectivity index (χ1v) is 13.2. The number of hydrogen-bond donors (Lipinski definition) is 2. The SMILES string of the molecule is Cc1cc([C@@H]2[C@@H](c3ccccn3)NC(=S)N2CCCN2CCOCC2)c(C)n1-c1cccc(C(=O)O)c1. The molecule has 1 aromatic carbocycles. The van der Waals surface area contributed by atoms with Crippen LogP contribution in [0.5, 0.6) is 0 Å². The van der Waals surface area contributed by atoms with Crippen LogP contribution in [0.2, 0.25) is 0 Å². The molecule has 2 fully saturated rings. The van der Waals surface area contributed by atoms with Gasteiger partial charge in [-0.2, -0.15) is 0 Å². The number of aromatic nitrogens is 2. The molecule has 2 N–H and O–H groups in total. The number of morpholine rings is 1. The predicted molar refractivity (Wildman–Crippen MR) is 146 cm³/mol. The van der Waals surface area contributed by atoms with Crippen molar-refractivity contribution in [1.82, 2.24) is 24.7 Å². The van der Waals surface area contributed by atoms with Crippen molar-refractivity contribution in [3.63, 3.8) is 0 Å². The molecule has 3 aromatic rings. The molecule has 9 heteroatoms. The summed E-state index contributed by atoms with van der Waals surface area (Å²) in [5.74, 6) is -0.934. The van der Waals surface area contributed by atoms with E-state index in [0.29, 0.717) is 0 Å². The normalized spacial score (nSPS) is 20.3. The number of hydrogen-bond acceptors (Lipinski definition) is 5. The molecular weight excluding hydrogens is 486 g/mol. The zero-order valence-corrected chi connectivity index (χ0v) is 22.1. The van der Waals surface area contributed by atoms with E-state index in [0.717, 1.165) is 79.3 Å². The van der Waals surface area contributed by atoms with Crippen molar-refractivity contribution in [2.75, 3.05) is 39.4 Å². The van der Waals surface area contributed by atoms with Crippen molar-refractivity contribution < 1.29 is 14.6 Å². The summed E-state index contributed by atoms with van der Waals surface area (Å²) < 4.78 is 7.62. The number of ether oxygens (including phenoxy) is 1. The van der Waals surface area contributed by atoms with Gasteiger partial charge in [-0.15, -0.1) is 0 Å². The Morgan fingerprint density at radius 2 is 1.95 bits per heavy atom. The Bertz CT molecular complexity index is 1270. The molecule has 0 radical (unpaired) electrons. The molecule has 0 bridgehead atoms. The topological polar surface area (TPSA) is 82.9 Å². The van der Waals surface area contributed by atoms with E-state index in [1.807, 2.05) is 30.5 Å². The van der Waals surface area contributed by atoms with Crippen molar-refractivity contribution in [3.05, 3.63) is 82.9 Å². The molecule has 0 unspecified atom stereocenters. The Morgan fingerprint density at radius 3 is 2.68 bits per heavy atom. The molecule has 5 rings (SSSR count). The van der Waals surface area contributed by atoms with Gasteiger partial charge < -0.3 is 24.6 Å². The maximum Gasteiger partial charge on any atom is 0.335 e. The molecule has 2 aliphatic rings. The van der Waals surface area contributed by atoms with Crippen molar-refractivity contribution in [2.24, 2.45) is 0 Å². The summed E-state index contributed by atoms with van der Waals surface area (Å²) in [5, 5.41) is 13.8. The number of carbonyl (C=O) groups is 1. The summed E-state index contributed by atoms with van der Waals surface area (Å²) in [4.78, 5) is 21.0. The number of thiocarbonyl (C=S) groups is 1. The lowest BCUT2D eigenvalue weighted by Crippen LogP contribution is -2.39. The highest BCUT2D eigenvalue weighted by Crippen LogP contribution is 2.41. The molecule has 2 aliphatic heterocycles. The van der Waals surface area contributed by atoms with Crippen LogP contribution in [0.4, 0.5) is 0 Å². The summed E-state index contributed by atoms with van der Waals surface area (Å²) in [5.41, 5.74) is 5.32. The molecule has 8 nitrogen and oxygen atoms in total. The van der Waals surface area contributed by atoms with Crippen LogP contribution >= 0.6 is 12.2 Å². The number of benzene rings is 1. The van der Waals surface area contributed by atoms with Crippen molar-refractivity contribution in [1.29, 1.82) is 0 Å². The molecular formula is C28H33N5O3S. The van der Waals surface area contributed by atoms with Crippen molar-refractivity contribution >= 4 is 23.3 Å². The standard InChI is InChI=1S/C28H33N5O3S/c1-19-17-23(20(2)33(19)22-8-5-7-21(18-22)27(34)35)26-25(24-9-3-4-10-29-24)30-28(37)32(26)12-6-11-31-13-15-36-16-14-31/h3-5,7-10,17-18,25-26H,6,11-16H2,1-2H3,(H,30,37)(H,34,35)/t25-,26-/m1/s1. The number of nitrogens with one attached hydrogen (secondary N) is 1. The molecule has 0 spiro atoms. The van der Waals surface area contributed by atoms with Gasteiger partial charge in [0.15, 0.2) is 5.11 Å². The fourth-order valence-corrected chi connectivity index (χ4v) is 5.87. The summed E-state index contributed by atoms with van der Waals surface area (Å²) >= 11 is 5.87. The minimum absolute atomic E-state index is 0.0327. The zero-order valence-electron chi connectivity index (χ0n) is 21.3. The summed E-state index contributed by atoms with van der Waals surface area (Å²) in [7, 11) is 0. The van der Waals surface area contributed by atoms with Gasteiger partial charge in [-0.05, 0) is 74.4 Å². The average Bonchev–Trinajstić information content (AvgIpc) is 3.39. The van der Waals surface area contributed by atoms with Gasteiger partial charge in [0.05, 0.1) is 36.6 Å². The lowest BCUT2D eigenvalue weighted by atomic mass is 9.96. The second kappa shape index (κ2) is 11.0. The fraction of sp³-hybridized carbons (Fsp3) is 0.393. The van der Waals surface area contributed by atoms with Crippen LogP contribution in [-0.4, -0.2) is 74.9 Å². The molecule has 0 aliphatic carbocycles. The fourth-order valence-electron chi connectivity index (χ4n) is 5.54. The maximum absolute atomic E-state index is 11.6. The first-order chi connectivity index (χ1) is 17.9. The number of pyridine rings is 1. The smallest absolute Gasteiger partial charge is 0.335 e. The minimum atomic E-state index is -0.934. The molecule has 194 valence electrons. The third-order valence-electron chi connectivity index (χ3n) is 7.32. The predicted octanol–water partition coefficient (Wildman–Crippen LogP) is 3.88.